The molecule has 6 nitrogen and oxygen atoms in total. The topological polar surface area (TPSA) is 110 Å². The van der Waals surface area contributed by atoms with Gasteiger partial charge in [-0.2, -0.15) is 15.8 Å². The lowest BCUT2D eigenvalue weighted by Gasteiger charge is -2.16. The second-order valence-corrected chi connectivity index (χ2v) is 14.1. The summed E-state index contributed by atoms with van der Waals surface area (Å²) in [5, 5.41) is 31.7. The Bertz CT molecular complexity index is 3150. The zero-order valence-corrected chi connectivity index (χ0v) is 30.8. The highest BCUT2D eigenvalue weighted by Gasteiger charge is 2.23. The van der Waals surface area contributed by atoms with Gasteiger partial charge in [0.1, 0.15) is 0 Å². The second-order valence-electron chi connectivity index (χ2n) is 14.1. The average molecular weight is 737 g/mol. The van der Waals surface area contributed by atoms with Gasteiger partial charge in [0, 0.05) is 16.7 Å². The molecule has 0 spiro atoms. The van der Waals surface area contributed by atoms with Crippen molar-refractivity contribution in [2.75, 3.05) is 0 Å². The third kappa shape index (κ3) is 5.76. The summed E-state index contributed by atoms with van der Waals surface area (Å²) in [7, 11) is 0. The van der Waals surface area contributed by atoms with Gasteiger partial charge in [-0.1, -0.05) is 103 Å². The maximum Gasteiger partial charge on any atom is 0.164 e. The van der Waals surface area contributed by atoms with E-state index in [2.05, 4.69) is 97.1 Å². The van der Waals surface area contributed by atoms with Crippen LogP contribution in [-0.2, 0) is 0 Å². The zero-order valence-electron chi connectivity index (χ0n) is 30.8. The van der Waals surface area contributed by atoms with Crippen LogP contribution in [-0.4, -0.2) is 15.0 Å². The molecule has 0 saturated carbocycles. The third-order valence-corrected chi connectivity index (χ3v) is 10.8. The third-order valence-electron chi connectivity index (χ3n) is 10.8. The molecule has 0 bridgehead atoms. The van der Waals surface area contributed by atoms with Crippen LogP contribution in [0.3, 0.4) is 0 Å². The Labute approximate surface area is 334 Å². The number of rotatable bonds is 6. The van der Waals surface area contributed by atoms with E-state index in [1.807, 2.05) is 66.7 Å². The molecule has 1 aliphatic carbocycles. The normalized spacial score (nSPS) is 11.1. The lowest BCUT2D eigenvalue weighted by atomic mass is 9.88. The largest absolute Gasteiger partial charge is 0.208 e. The molecule has 0 N–H and O–H groups in total. The van der Waals surface area contributed by atoms with Crippen molar-refractivity contribution in [3.63, 3.8) is 0 Å². The zero-order chi connectivity index (χ0) is 39.2. The lowest BCUT2D eigenvalue weighted by Crippen LogP contribution is -2.01. The minimum Gasteiger partial charge on any atom is -0.208 e. The fourth-order valence-electron chi connectivity index (χ4n) is 8.09. The van der Waals surface area contributed by atoms with E-state index in [1.54, 1.807) is 24.3 Å². The molecular formula is C52H28N6. The van der Waals surface area contributed by atoms with Crippen molar-refractivity contribution in [1.82, 2.24) is 15.0 Å². The van der Waals surface area contributed by atoms with Crippen LogP contribution in [0.25, 0.3) is 101 Å². The summed E-state index contributed by atoms with van der Waals surface area (Å²) in [6, 6.07) is 63.0. The Kier molecular flexibility index (Phi) is 8.20. The van der Waals surface area contributed by atoms with Gasteiger partial charge in [0.05, 0.1) is 34.9 Å². The molecule has 0 aliphatic heterocycles. The van der Waals surface area contributed by atoms with Crippen molar-refractivity contribution in [3.8, 4) is 108 Å². The molecule has 0 radical (unpaired) electrons. The van der Waals surface area contributed by atoms with Crippen LogP contribution in [0.2, 0.25) is 0 Å². The van der Waals surface area contributed by atoms with Crippen LogP contribution < -0.4 is 0 Å². The van der Waals surface area contributed by atoms with Crippen molar-refractivity contribution in [3.05, 3.63) is 187 Å². The molecule has 9 aromatic rings. The monoisotopic (exact) mass is 736 g/mol. The van der Waals surface area contributed by atoms with E-state index < -0.39 is 0 Å². The molecule has 0 fully saturated rings. The van der Waals surface area contributed by atoms with E-state index >= 15 is 0 Å². The molecule has 6 heteroatoms. The first-order valence-corrected chi connectivity index (χ1v) is 18.8. The van der Waals surface area contributed by atoms with Gasteiger partial charge >= 0.3 is 0 Å². The number of hydrogen-bond acceptors (Lipinski definition) is 6. The molecule has 0 atom stereocenters. The van der Waals surface area contributed by atoms with Crippen molar-refractivity contribution >= 4 is 10.8 Å². The molecular weight excluding hydrogens is 709 g/mol. The van der Waals surface area contributed by atoms with E-state index in [-0.39, 0.29) is 0 Å². The maximum atomic E-state index is 10.4. The van der Waals surface area contributed by atoms with Gasteiger partial charge in [-0.15, -0.1) is 0 Å². The van der Waals surface area contributed by atoms with Crippen LogP contribution in [0.15, 0.2) is 170 Å². The van der Waals surface area contributed by atoms with Gasteiger partial charge in [-0.05, 0) is 133 Å². The predicted octanol–water partition coefficient (Wildman–Crippen LogP) is 12.3. The quantitative estimate of drug-likeness (QED) is 0.168. The van der Waals surface area contributed by atoms with Crippen molar-refractivity contribution < 1.29 is 0 Å². The van der Waals surface area contributed by atoms with Gasteiger partial charge < -0.3 is 0 Å². The van der Waals surface area contributed by atoms with Crippen LogP contribution in [0.1, 0.15) is 16.7 Å². The van der Waals surface area contributed by atoms with Gasteiger partial charge in [-0.3, -0.25) is 0 Å². The fourth-order valence-corrected chi connectivity index (χ4v) is 8.09. The fraction of sp³-hybridized carbons (Fsp3) is 0. The van der Waals surface area contributed by atoms with Gasteiger partial charge in [0.2, 0.25) is 0 Å². The smallest absolute Gasteiger partial charge is 0.164 e. The summed E-state index contributed by atoms with van der Waals surface area (Å²) >= 11 is 0. The SMILES string of the molecule is N#Cc1ccc(-c2nc(-c3ccc(C#N)cc3)nc(-c3ccccc3-c3cc(C#N)cc(-c4ccccc4-c4ccc5c6c(cccc46)-c4ccccc4-5)c3)n2)cc1. The summed E-state index contributed by atoms with van der Waals surface area (Å²) < 4.78 is 0. The summed E-state index contributed by atoms with van der Waals surface area (Å²) in [6.45, 7) is 0. The molecule has 0 amide bonds. The summed E-state index contributed by atoms with van der Waals surface area (Å²) in [5.74, 6) is 1.33. The number of nitrogens with zero attached hydrogens (tertiary/aromatic N) is 6. The average Bonchev–Trinajstić information content (AvgIpc) is 3.63. The van der Waals surface area contributed by atoms with E-state index in [0.29, 0.717) is 34.2 Å². The van der Waals surface area contributed by atoms with E-state index in [0.717, 1.165) is 50.1 Å². The van der Waals surface area contributed by atoms with Crippen LogP contribution in [0.4, 0.5) is 0 Å². The van der Waals surface area contributed by atoms with E-state index in [9.17, 15) is 15.8 Å². The van der Waals surface area contributed by atoms with Crippen LogP contribution in [0.5, 0.6) is 0 Å². The van der Waals surface area contributed by atoms with Gasteiger partial charge in [0.15, 0.2) is 17.5 Å². The number of fused-ring (bicyclic) bond motifs is 3. The number of aromatic nitrogens is 3. The van der Waals surface area contributed by atoms with Crippen LogP contribution in [0, 0.1) is 34.0 Å². The molecule has 0 unspecified atom stereocenters. The number of nitriles is 3. The van der Waals surface area contributed by atoms with Crippen molar-refractivity contribution in [2.45, 2.75) is 0 Å². The maximum absolute atomic E-state index is 10.4. The number of benzene rings is 8. The lowest BCUT2D eigenvalue weighted by molar-refractivity contribution is 1.07. The molecule has 0 saturated heterocycles. The summed E-state index contributed by atoms with van der Waals surface area (Å²) in [6.07, 6.45) is 0. The van der Waals surface area contributed by atoms with E-state index in [1.165, 1.54) is 33.0 Å². The minimum absolute atomic E-state index is 0.442. The van der Waals surface area contributed by atoms with Crippen LogP contribution >= 0.6 is 0 Å². The minimum atomic E-state index is 0.442. The molecule has 58 heavy (non-hydrogen) atoms. The highest BCUT2D eigenvalue weighted by molar-refractivity contribution is 6.19. The van der Waals surface area contributed by atoms with Crippen molar-refractivity contribution in [1.29, 1.82) is 15.8 Å². The summed E-state index contributed by atoms with van der Waals surface area (Å²) in [4.78, 5) is 14.8. The standard InChI is InChI=1S/C52H28N6/c53-29-32-16-20-35(21-17-32)50-56-51(36-22-18-33(30-54)19-23-36)58-52(57-50)48-13-6-2-9-40(48)38-27-34(31-55)26-37(28-38)39-8-1-3-10-41(39)44-24-25-47-43-12-5-4-11-42(43)45-14-7-15-46(44)49(45)47/h1-28H. The molecule has 1 heterocycles. The van der Waals surface area contributed by atoms with Gasteiger partial charge in [-0.25, -0.2) is 15.0 Å². The first kappa shape index (κ1) is 34.0. The Morgan fingerprint density at radius 2 is 0.707 bits per heavy atom. The Morgan fingerprint density at radius 3 is 1.24 bits per heavy atom. The molecule has 266 valence electrons. The van der Waals surface area contributed by atoms with Gasteiger partial charge in [0.25, 0.3) is 0 Å². The molecule has 10 rings (SSSR count). The molecule has 8 aromatic carbocycles. The molecule has 1 aromatic heterocycles. The Balaban J connectivity index is 1.13. The predicted molar refractivity (Wildman–Crippen MR) is 229 cm³/mol. The second kappa shape index (κ2) is 14.0. The highest BCUT2D eigenvalue weighted by atomic mass is 15.0. The first-order chi connectivity index (χ1) is 28.6. The number of hydrogen-bond donors (Lipinski definition) is 0. The highest BCUT2D eigenvalue weighted by Crippen LogP contribution is 2.50. The van der Waals surface area contributed by atoms with E-state index in [4.69, 9.17) is 15.0 Å². The van der Waals surface area contributed by atoms with Crippen molar-refractivity contribution in [2.24, 2.45) is 0 Å². The molecule has 1 aliphatic rings. The first-order valence-electron chi connectivity index (χ1n) is 18.8. The Morgan fingerprint density at radius 1 is 0.293 bits per heavy atom. The summed E-state index contributed by atoms with van der Waals surface area (Å²) in [5.41, 5.74) is 14.6. The Hall–Kier alpha value is -8.50.